The third-order valence-corrected chi connectivity index (χ3v) is 5.52. The van der Waals surface area contributed by atoms with Crippen molar-refractivity contribution in [2.75, 3.05) is 44.2 Å². The van der Waals surface area contributed by atoms with Crippen molar-refractivity contribution in [3.63, 3.8) is 0 Å². The van der Waals surface area contributed by atoms with Crippen LogP contribution < -0.4 is 4.90 Å². The van der Waals surface area contributed by atoms with Gasteiger partial charge in [-0.15, -0.1) is 0 Å². The molecule has 0 radical (unpaired) electrons. The number of hydrogen-bond donors (Lipinski definition) is 1. The highest BCUT2D eigenvalue weighted by Crippen LogP contribution is 2.21. The first kappa shape index (κ1) is 17.6. The van der Waals surface area contributed by atoms with Gasteiger partial charge in [-0.25, -0.2) is 0 Å². The predicted octanol–water partition coefficient (Wildman–Crippen LogP) is 2.60. The summed E-state index contributed by atoms with van der Waals surface area (Å²) in [6, 6.07) is 11.6. The predicted molar refractivity (Wildman–Crippen MR) is 105 cm³/mol. The number of piperazine rings is 1. The van der Waals surface area contributed by atoms with E-state index in [1.807, 2.05) is 23.1 Å². The van der Waals surface area contributed by atoms with Crippen LogP contribution in [0.5, 0.6) is 0 Å². The lowest BCUT2D eigenvalue weighted by atomic mass is 10.1. The Balaban J connectivity index is 1.34. The zero-order valence-corrected chi connectivity index (χ0v) is 15.6. The molecule has 0 saturated carbocycles. The maximum absolute atomic E-state index is 12.8. The van der Waals surface area contributed by atoms with Crippen molar-refractivity contribution < 1.29 is 9.59 Å². The molecule has 1 N–H and O–H groups in total. The minimum Gasteiger partial charge on any atom is -0.372 e. The van der Waals surface area contributed by atoms with Gasteiger partial charge in [-0.3, -0.25) is 9.59 Å². The maximum atomic E-state index is 12.8. The first-order chi connectivity index (χ1) is 13.2. The lowest BCUT2D eigenvalue weighted by Crippen LogP contribution is -2.50. The lowest BCUT2D eigenvalue weighted by molar-refractivity contribution is 0.0532. The van der Waals surface area contributed by atoms with Gasteiger partial charge < -0.3 is 19.7 Å². The molecule has 6 nitrogen and oxygen atoms in total. The summed E-state index contributed by atoms with van der Waals surface area (Å²) in [5, 5.41) is 0. The number of amides is 2. The van der Waals surface area contributed by atoms with Gasteiger partial charge in [0.05, 0.1) is 0 Å². The zero-order chi connectivity index (χ0) is 18.6. The third kappa shape index (κ3) is 3.84. The van der Waals surface area contributed by atoms with Crippen LogP contribution in [0.2, 0.25) is 0 Å². The number of benzene rings is 1. The Morgan fingerprint density at radius 1 is 0.741 bits per heavy atom. The first-order valence-corrected chi connectivity index (χ1v) is 9.79. The maximum Gasteiger partial charge on any atom is 0.270 e. The number of nitrogens with zero attached hydrogens (tertiary/aromatic N) is 3. The number of piperidine rings is 1. The lowest BCUT2D eigenvalue weighted by Gasteiger charge is -2.34. The fourth-order valence-corrected chi connectivity index (χ4v) is 3.90. The average Bonchev–Trinajstić information content (AvgIpc) is 3.28. The molecule has 0 atom stereocenters. The second-order valence-corrected chi connectivity index (χ2v) is 7.26. The van der Waals surface area contributed by atoms with E-state index >= 15 is 0 Å². The van der Waals surface area contributed by atoms with Crippen LogP contribution in [0.3, 0.4) is 0 Å². The van der Waals surface area contributed by atoms with E-state index in [1.165, 1.54) is 24.9 Å². The summed E-state index contributed by atoms with van der Waals surface area (Å²) in [4.78, 5) is 34.2. The molecule has 142 valence electrons. The number of carbonyl (C=O) groups is 2. The van der Waals surface area contributed by atoms with Crippen molar-refractivity contribution in [1.82, 2.24) is 14.8 Å². The van der Waals surface area contributed by atoms with E-state index in [4.69, 9.17) is 0 Å². The smallest absolute Gasteiger partial charge is 0.270 e. The Morgan fingerprint density at radius 2 is 1.37 bits per heavy atom. The average molecular weight is 366 g/mol. The fraction of sp³-hybridized carbons (Fsp3) is 0.429. The summed E-state index contributed by atoms with van der Waals surface area (Å²) in [6.07, 6.45) is 5.55. The molecule has 1 aromatic carbocycles. The minimum atomic E-state index is -0.00187. The Morgan fingerprint density at radius 3 is 1.96 bits per heavy atom. The van der Waals surface area contributed by atoms with E-state index in [-0.39, 0.29) is 11.8 Å². The number of carbonyl (C=O) groups excluding carboxylic acids is 2. The number of hydrogen-bond acceptors (Lipinski definition) is 3. The van der Waals surface area contributed by atoms with E-state index in [2.05, 4.69) is 22.0 Å². The molecule has 2 saturated heterocycles. The Bertz CT molecular complexity index is 771. The fourth-order valence-electron chi connectivity index (χ4n) is 3.90. The van der Waals surface area contributed by atoms with Crippen LogP contribution in [0.1, 0.15) is 40.1 Å². The van der Waals surface area contributed by atoms with Gasteiger partial charge in [-0.1, -0.05) is 0 Å². The Labute approximate surface area is 159 Å². The highest BCUT2D eigenvalue weighted by atomic mass is 16.2. The Hall–Kier alpha value is -2.76. The number of H-pyrrole nitrogens is 1. The molecule has 0 bridgehead atoms. The number of anilines is 1. The molecule has 0 unspecified atom stereocenters. The van der Waals surface area contributed by atoms with Gasteiger partial charge in [0, 0.05) is 56.7 Å². The van der Waals surface area contributed by atoms with Crippen molar-refractivity contribution >= 4 is 17.5 Å². The quantitative estimate of drug-likeness (QED) is 0.908. The van der Waals surface area contributed by atoms with E-state index in [0.717, 1.165) is 18.7 Å². The van der Waals surface area contributed by atoms with Crippen LogP contribution in [0.15, 0.2) is 42.6 Å². The van der Waals surface area contributed by atoms with Crippen LogP contribution in [-0.2, 0) is 0 Å². The summed E-state index contributed by atoms with van der Waals surface area (Å²) in [6.45, 7) is 4.47. The molecule has 2 aromatic rings. The molecular formula is C21H26N4O2. The van der Waals surface area contributed by atoms with Crippen LogP contribution in [-0.4, -0.2) is 65.9 Å². The molecule has 0 spiro atoms. The van der Waals surface area contributed by atoms with Crippen molar-refractivity contribution in [1.29, 1.82) is 0 Å². The summed E-state index contributed by atoms with van der Waals surface area (Å²) in [5.74, 6) is 0.0464. The molecule has 2 amide bonds. The highest BCUT2D eigenvalue weighted by Gasteiger charge is 2.26. The molecule has 6 heteroatoms. The number of rotatable bonds is 3. The molecule has 2 aliphatic heterocycles. The van der Waals surface area contributed by atoms with Crippen LogP contribution >= 0.6 is 0 Å². The molecule has 0 aliphatic carbocycles. The van der Waals surface area contributed by atoms with Gasteiger partial charge in [0.1, 0.15) is 5.69 Å². The molecule has 27 heavy (non-hydrogen) atoms. The van der Waals surface area contributed by atoms with Gasteiger partial charge in [0.25, 0.3) is 11.8 Å². The standard InChI is InChI=1S/C21H26N4O2/c26-20(17-6-8-18(9-7-17)23-11-2-1-3-12-23)24-13-15-25(16-14-24)21(27)19-5-4-10-22-19/h4-10,22H,1-3,11-16H2. The van der Waals surface area contributed by atoms with Gasteiger partial charge in [-0.2, -0.15) is 0 Å². The third-order valence-electron chi connectivity index (χ3n) is 5.52. The molecule has 3 heterocycles. The second kappa shape index (κ2) is 7.86. The van der Waals surface area contributed by atoms with Crippen LogP contribution in [0, 0.1) is 0 Å². The second-order valence-electron chi connectivity index (χ2n) is 7.26. The highest BCUT2D eigenvalue weighted by molar-refractivity contribution is 5.95. The van der Waals surface area contributed by atoms with E-state index in [1.54, 1.807) is 17.2 Å². The molecule has 2 fully saturated rings. The number of nitrogens with one attached hydrogen (secondary N) is 1. The zero-order valence-electron chi connectivity index (χ0n) is 15.6. The summed E-state index contributed by atoms with van der Waals surface area (Å²) >= 11 is 0. The van der Waals surface area contributed by atoms with E-state index < -0.39 is 0 Å². The SMILES string of the molecule is O=C(c1ccc(N2CCCCC2)cc1)N1CCN(C(=O)c2ccc[nH]2)CC1. The van der Waals surface area contributed by atoms with Gasteiger partial charge in [0.2, 0.25) is 0 Å². The van der Waals surface area contributed by atoms with Crippen molar-refractivity contribution in [2.24, 2.45) is 0 Å². The Kier molecular flexibility index (Phi) is 5.14. The van der Waals surface area contributed by atoms with E-state index in [0.29, 0.717) is 31.9 Å². The monoisotopic (exact) mass is 366 g/mol. The summed E-state index contributed by atoms with van der Waals surface area (Å²) in [7, 11) is 0. The van der Waals surface area contributed by atoms with Gasteiger partial charge in [-0.05, 0) is 55.7 Å². The number of aromatic nitrogens is 1. The minimum absolute atomic E-state index is 0.00187. The molecule has 4 rings (SSSR count). The van der Waals surface area contributed by atoms with Gasteiger partial charge in [0.15, 0.2) is 0 Å². The first-order valence-electron chi connectivity index (χ1n) is 9.79. The van der Waals surface area contributed by atoms with Gasteiger partial charge >= 0.3 is 0 Å². The van der Waals surface area contributed by atoms with Crippen molar-refractivity contribution in [3.05, 3.63) is 53.9 Å². The topological polar surface area (TPSA) is 59.7 Å². The van der Waals surface area contributed by atoms with E-state index in [9.17, 15) is 9.59 Å². The largest absolute Gasteiger partial charge is 0.372 e. The molecular weight excluding hydrogens is 340 g/mol. The number of aromatic amines is 1. The normalized spacial score (nSPS) is 17.9. The van der Waals surface area contributed by atoms with Crippen molar-refractivity contribution in [3.8, 4) is 0 Å². The summed E-state index contributed by atoms with van der Waals surface area (Å²) in [5.41, 5.74) is 2.52. The van der Waals surface area contributed by atoms with Crippen LogP contribution in [0.4, 0.5) is 5.69 Å². The van der Waals surface area contributed by atoms with Crippen molar-refractivity contribution in [2.45, 2.75) is 19.3 Å². The molecule has 1 aromatic heterocycles. The summed E-state index contributed by atoms with van der Waals surface area (Å²) < 4.78 is 0. The molecule has 2 aliphatic rings. The van der Waals surface area contributed by atoms with Crippen LogP contribution in [0.25, 0.3) is 0 Å².